The Morgan fingerprint density at radius 3 is 2.08 bits per heavy atom. The molecule has 0 aromatic heterocycles. The maximum atomic E-state index is 6.04. The van der Waals surface area contributed by atoms with Gasteiger partial charge in [-0.15, -0.1) is 0 Å². The van der Waals surface area contributed by atoms with Crippen molar-refractivity contribution < 1.29 is 0 Å². The lowest BCUT2D eigenvalue weighted by Crippen LogP contribution is -2.31. The van der Waals surface area contributed by atoms with Crippen molar-refractivity contribution in [1.29, 1.82) is 0 Å². The summed E-state index contributed by atoms with van der Waals surface area (Å²) < 4.78 is 0. The minimum absolute atomic E-state index is 0.0625. The zero-order chi connectivity index (χ0) is 19.6. The van der Waals surface area contributed by atoms with Crippen LogP contribution in [0.5, 0.6) is 0 Å². The third-order valence-electron chi connectivity index (χ3n) is 5.23. The Balaban J connectivity index is 4.34. The molecule has 0 spiro atoms. The van der Waals surface area contributed by atoms with Crippen LogP contribution in [0.2, 0.25) is 0 Å². The fourth-order valence-corrected chi connectivity index (χ4v) is 3.03. The molecule has 2 N–H and O–H groups in total. The van der Waals surface area contributed by atoms with Gasteiger partial charge in [-0.2, -0.15) is 0 Å². The Kier molecular flexibility index (Phi) is 11.0. The third-order valence-corrected chi connectivity index (χ3v) is 5.23. The summed E-state index contributed by atoms with van der Waals surface area (Å²) in [6, 6.07) is 0. The van der Waals surface area contributed by atoms with E-state index in [1.165, 1.54) is 22.3 Å². The molecular formula is C24H43N. The molecule has 0 aliphatic heterocycles. The first-order valence-corrected chi connectivity index (χ1v) is 9.97. The maximum Gasteiger partial charge on any atom is 0.00971 e. The van der Waals surface area contributed by atoms with Gasteiger partial charge in [-0.3, -0.25) is 0 Å². The quantitative estimate of drug-likeness (QED) is 0.274. The highest BCUT2D eigenvalue weighted by Gasteiger charge is 2.12. The van der Waals surface area contributed by atoms with E-state index >= 15 is 0 Å². The van der Waals surface area contributed by atoms with Crippen molar-refractivity contribution in [3.8, 4) is 0 Å². The van der Waals surface area contributed by atoms with Crippen LogP contribution >= 0.6 is 0 Å². The number of hydrogen-bond acceptors (Lipinski definition) is 1. The molecule has 0 rings (SSSR count). The van der Waals surface area contributed by atoms with Crippen molar-refractivity contribution in [2.45, 2.75) is 92.0 Å². The van der Waals surface area contributed by atoms with Gasteiger partial charge >= 0.3 is 0 Å². The highest BCUT2D eigenvalue weighted by molar-refractivity contribution is 5.29. The summed E-state index contributed by atoms with van der Waals surface area (Å²) in [5.41, 5.74) is 11.3. The van der Waals surface area contributed by atoms with Crippen LogP contribution in [0.1, 0.15) is 86.5 Å². The molecule has 1 nitrogen and oxygen atoms in total. The molecule has 0 bridgehead atoms. The lowest BCUT2D eigenvalue weighted by atomic mass is 9.86. The molecule has 0 amide bonds. The van der Waals surface area contributed by atoms with Gasteiger partial charge in [-0.1, -0.05) is 63.3 Å². The molecule has 0 aliphatic carbocycles. The summed E-state index contributed by atoms with van der Waals surface area (Å²) in [6.45, 7) is 25.7. The van der Waals surface area contributed by atoms with Crippen LogP contribution in [0.25, 0.3) is 0 Å². The van der Waals surface area contributed by atoms with Crippen LogP contribution in [0, 0.1) is 11.8 Å². The van der Waals surface area contributed by atoms with Gasteiger partial charge in [-0.05, 0) is 83.1 Å². The van der Waals surface area contributed by atoms with E-state index in [9.17, 15) is 0 Å². The minimum atomic E-state index is -0.0625. The second-order valence-corrected chi connectivity index (χ2v) is 8.59. The van der Waals surface area contributed by atoms with E-state index in [4.69, 9.17) is 5.73 Å². The van der Waals surface area contributed by atoms with E-state index < -0.39 is 0 Å². The lowest BCUT2D eigenvalue weighted by molar-refractivity contribution is 0.457. The van der Waals surface area contributed by atoms with Crippen molar-refractivity contribution in [2.24, 2.45) is 17.6 Å². The summed E-state index contributed by atoms with van der Waals surface area (Å²) in [6.07, 6.45) is 10.1. The maximum absolute atomic E-state index is 6.04. The Morgan fingerprint density at radius 1 is 1.04 bits per heavy atom. The largest absolute Gasteiger partial charge is 0.326 e. The topological polar surface area (TPSA) is 26.0 Å². The van der Waals surface area contributed by atoms with E-state index in [-0.39, 0.29) is 5.54 Å². The first kappa shape index (κ1) is 23.9. The fourth-order valence-electron chi connectivity index (χ4n) is 3.03. The van der Waals surface area contributed by atoms with E-state index in [1.54, 1.807) is 0 Å². The first-order valence-electron chi connectivity index (χ1n) is 9.97. The molecule has 0 aromatic carbocycles. The Morgan fingerprint density at radius 2 is 1.60 bits per heavy atom. The molecule has 2 atom stereocenters. The number of nitrogens with two attached hydrogens (primary N) is 1. The van der Waals surface area contributed by atoms with E-state index in [2.05, 4.69) is 67.4 Å². The van der Waals surface area contributed by atoms with Crippen LogP contribution in [0.15, 0.2) is 48.1 Å². The van der Waals surface area contributed by atoms with Crippen LogP contribution in [-0.4, -0.2) is 5.54 Å². The van der Waals surface area contributed by atoms with Crippen LogP contribution < -0.4 is 5.73 Å². The monoisotopic (exact) mass is 345 g/mol. The molecule has 0 aromatic rings. The predicted octanol–water partition coefficient (Wildman–Crippen LogP) is 7.36. The van der Waals surface area contributed by atoms with Gasteiger partial charge in [0.2, 0.25) is 0 Å². The van der Waals surface area contributed by atoms with Crippen molar-refractivity contribution >= 4 is 0 Å². The molecule has 2 unspecified atom stereocenters. The highest BCUT2D eigenvalue weighted by Crippen LogP contribution is 2.26. The average Bonchev–Trinajstić information content (AvgIpc) is 2.49. The normalized spacial score (nSPS) is 14.9. The third kappa shape index (κ3) is 11.2. The summed E-state index contributed by atoms with van der Waals surface area (Å²) in [5.74, 6) is 1.03. The van der Waals surface area contributed by atoms with Gasteiger partial charge in [0.05, 0.1) is 0 Å². The second kappa shape index (κ2) is 11.5. The molecule has 0 radical (unpaired) electrons. The van der Waals surface area contributed by atoms with Gasteiger partial charge in [0.1, 0.15) is 0 Å². The van der Waals surface area contributed by atoms with Gasteiger partial charge in [-0.25, -0.2) is 0 Å². The number of rotatable bonds is 13. The van der Waals surface area contributed by atoms with E-state index in [0.717, 1.165) is 44.9 Å². The van der Waals surface area contributed by atoms with Crippen molar-refractivity contribution in [3.63, 3.8) is 0 Å². The Labute approximate surface area is 158 Å². The molecule has 0 saturated heterocycles. The molecule has 144 valence electrons. The molecule has 0 aliphatic rings. The van der Waals surface area contributed by atoms with E-state index in [0.29, 0.717) is 11.8 Å². The zero-order valence-corrected chi connectivity index (χ0v) is 17.9. The van der Waals surface area contributed by atoms with Gasteiger partial charge in [0, 0.05) is 5.54 Å². The van der Waals surface area contributed by atoms with Crippen molar-refractivity contribution in [3.05, 3.63) is 48.1 Å². The van der Waals surface area contributed by atoms with Crippen LogP contribution in [0.4, 0.5) is 0 Å². The standard InChI is InChI=1S/C24H43N/c1-10-23(17-21(6)22(7)18(2)3)20(5)15-11-13-19(4)14-12-16-24(8,9)25/h17,21-22H,2,4-5,10-16,25H2,1,3,6-9H3/b23-17-. The zero-order valence-electron chi connectivity index (χ0n) is 17.9. The van der Waals surface area contributed by atoms with Crippen molar-refractivity contribution in [2.75, 3.05) is 0 Å². The fraction of sp³-hybridized carbons (Fsp3) is 0.667. The Bertz CT molecular complexity index is 473. The molecule has 0 saturated carbocycles. The molecule has 1 heteroatoms. The summed E-state index contributed by atoms with van der Waals surface area (Å²) in [4.78, 5) is 0. The van der Waals surface area contributed by atoms with E-state index in [1.807, 2.05) is 0 Å². The predicted molar refractivity (Wildman–Crippen MR) is 116 cm³/mol. The summed E-state index contributed by atoms with van der Waals surface area (Å²) in [5, 5.41) is 0. The molecule has 0 heterocycles. The summed E-state index contributed by atoms with van der Waals surface area (Å²) >= 11 is 0. The average molecular weight is 346 g/mol. The lowest BCUT2D eigenvalue weighted by Gasteiger charge is -2.19. The van der Waals surface area contributed by atoms with Gasteiger partial charge in [0.15, 0.2) is 0 Å². The van der Waals surface area contributed by atoms with Crippen LogP contribution in [-0.2, 0) is 0 Å². The van der Waals surface area contributed by atoms with Gasteiger partial charge in [0.25, 0.3) is 0 Å². The second-order valence-electron chi connectivity index (χ2n) is 8.59. The minimum Gasteiger partial charge on any atom is -0.326 e. The molecule has 25 heavy (non-hydrogen) atoms. The van der Waals surface area contributed by atoms with Crippen molar-refractivity contribution in [1.82, 2.24) is 0 Å². The SMILES string of the molecule is C=C(CCCC(=C)/C(=C\C(C)C(C)C(=C)C)CC)CCCC(C)(C)N. The summed E-state index contributed by atoms with van der Waals surface area (Å²) in [7, 11) is 0. The first-order chi connectivity index (χ1) is 11.5. The molecule has 0 fully saturated rings. The highest BCUT2D eigenvalue weighted by atomic mass is 14.7. The van der Waals surface area contributed by atoms with Crippen LogP contribution in [0.3, 0.4) is 0 Å². The Hall–Kier alpha value is -1.08. The number of allylic oxidation sites excluding steroid dienone is 5. The number of hydrogen-bond donors (Lipinski definition) is 1. The molecular weight excluding hydrogens is 302 g/mol. The van der Waals surface area contributed by atoms with Gasteiger partial charge < -0.3 is 5.73 Å². The smallest absolute Gasteiger partial charge is 0.00971 e.